The van der Waals surface area contributed by atoms with E-state index in [-0.39, 0.29) is 5.91 Å². The molecule has 0 atom stereocenters. The van der Waals surface area contributed by atoms with Gasteiger partial charge >= 0.3 is 0 Å². The molecule has 4 heteroatoms. The van der Waals surface area contributed by atoms with E-state index in [2.05, 4.69) is 0 Å². The molecule has 1 aliphatic rings. The number of benzene rings is 1. The average Bonchev–Trinajstić information content (AvgIpc) is 2.69. The van der Waals surface area contributed by atoms with E-state index in [0.29, 0.717) is 12.6 Å². The van der Waals surface area contributed by atoms with E-state index < -0.39 is 6.43 Å². The molecule has 0 aliphatic carbocycles. The van der Waals surface area contributed by atoms with E-state index in [9.17, 15) is 13.6 Å². The molecule has 2 rings (SSSR count). The number of hydrogen-bond donors (Lipinski definition) is 0. The monoisotopic (exact) mass is 223 g/mol. The van der Waals surface area contributed by atoms with E-state index in [1.807, 2.05) is 24.3 Å². The van der Waals surface area contributed by atoms with Crippen molar-refractivity contribution in [1.82, 2.24) is 0 Å². The van der Waals surface area contributed by atoms with Gasteiger partial charge in [-0.3, -0.25) is 4.79 Å². The smallest absolute Gasteiger partial charge is 0.257 e. The summed E-state index contributed by atoms with van der Waals surface area (Å²) in [5.41, 5.74) is 1.91. The average molecular weight is 223 g/mol. The summed E-state index contributed by atoms with van der Waals surface area (Å²) in [5, 5.41) is 0. The molecule has 0 bridgehead atoms. The Labute approximate surface area is 92.2 Å². The molecule has 16 heavy (non-hydrogen) atoms. The number of alkyl halides is 2. The molecule has 2 nitrogen and oxygen atoms in total. The van der Waals surface area contributed by atoms with Gasteiger partial charge in [-0.05, 0) is 24.1 Å². The summed E-state index contributed by atoms with van der Waals surface area (Å²) >= 11 is 0. The van der Waals surface area contributed by atoms with Crippen molar-refractivity contribution in [3.8, 4) is 0 Å². The Morgan fingerprint density at radius 3 is 2.88 bits per heavy atom. The number of anilines is 1. The maximum Gasteiger partial charge on any atom is 0.257 e. The lowest BCUT2D eigenvalue weighted by atomic mass is 10.2. The van der Waals surface area contributed by atoms with Crippen LogP contribution in [-0.2, 0) is 11.2 Å². The van der Waals surface area contributed by atoms with Crippen molar-refractivity contribution in [2.24, 2.45) is 0 Å². The summed E-state index contributed by atoms with van der Waals surface area (Å²) in [7, 11) is 0. The number of rotatable bonds is 2. The number of halogens is 2. The summed E-state index contributed by atoms with van der Waals surface area (Å²) in [5.74, 6) is -0.384. The van der Waals surface area contributed by atoms with E-state index in [0.717, 1.165) is 23.7 Å². The molecule has 0 radical (unpaired) electrons. The Balaban J connectivity index is 2.16. The van der Waals surface area contributed by atoms with Crippen molar-refractivity contribution in [1.29, 1.82) is 0 Å². The van der Waals surface area contributed by atoms with Crippen molar-refractivity contribution in [2.75, 3.05) is 11.4 Å². The van der Waals surface area contributed by atoms with Gasteiger partial charge in [0.15, 0.2) is 0 Å². The Morgan fingerprint density at radius 2 is 2.12 bits per heavy atom. The second-order valence-electron chi connectivity index (χ2n) is 3.56. The van der Waals surface area contributed by atoms with Crippen LogP contribution in [-0.4, -0.2) is 18.9 Å². The molecule has 1 aliphatic heterocycles. The Bertz CT molecular complexity index is 429. The maximum atomic E-state index is 11.9. The number of amides is 1. The molecule has 1 aromatic carbocycles. The molecule has 0 spiro atoms. The topological polar surface area (TPSA) is 20.3 Å². The highest BCUT2D eigenvalue weighted by atomic mass is 19.3. The summed E-state index contributed by atoms with van der Waals surface area (Å²) in [4.78, 5) is 13.1. The molecule has 1 heterocycles. The molecule has 1 aromatic rings. The molecule has 0 fully saturated rings. The fourth-order valence-corrected chi connectivity index (χ4v) is 1.81. The van der Waals surface area contributed by atoms with Crippen LogP contribution in [0.4, 0.5) is 14.5 Å². The quantitative estimate of drug-likeness (QED) is 0.705. The normalized spacial score (nSPS) is 14.8. The number of para-hydroxylation sites is 1. The molecular weight excluding hydrogens is 212 g/mol. The van der Waals surface area contributed by atoms with Gasteiger partial charge in [-0.2, -0.15) is 0 Å². The number of fused-ring (bicyclic) bond motifs is 1. The zero-order chi connectivity index (χ0) is 11.5. The minimum absolute atomic E-state index is 0.384. The lowest BCUT2D eigenvalue weighted by Gasteiger charge is -2.14. The van der Waals surface area contributed by atoms with Crippen LogP contribution in [0, 0.1) is 0 Å². The Kier molecular flexibility index (Phi) is 2.99. The minimum atomic E-state index is -2.58. The number of carbonyl (C=O) groups is 1. The van der Waals surface area contributed by atoms with Crippen LogP contribution in [0.2, 0.25) is 0 Å². The third-order valence-corrected chi connectivity index (χ3v) is 2.54. The van der Waals surface area contributed by atoms with Crippen LogP contribution in [0.15, 0.2) is 36.4 Å². The molecule has 0 saturated carbocycles. The van der Waals surface area contributed by atoms with Gasteiger partial charge in [-0.25, -0.2) is 8.78 Å². The molecule has 0 saturated heterocycles. The second kappa shape index (κ2) is 4.43. The van der Waals surface area contributed by atoms with Crippen molar-refractivity contribution < 1.29 is 13.6 Å². The van der Waals surface area contributed by atoms with Crippen molar-refractivity contribution >= 4 is 11.6 Å². The molecule has 0 unspecified atom stereocenters. The zero-order valence-corrected chi connectivity index (χ0v) is 8.57. The fourth-order valence-electron chi connectivity index (χ4n) is 1.81. The first kappa shape index (κ1) is 10.8. The van der Waals surface area contributed by atoms with E-state index in [4.69, 9.17) is 0 Å². The Morgan fingerprint density at radius 1 is 1.38 bits per heavy atom. The fraction of sp³-hybridized carbons (Fsp3) is 0.250. The van der Waals surface area contributed by atoms with Gasteiger partial charge in [0.25, 0.3) is 12.3 Å². The van der Waals surface area contributed by atoms with Crippen LogP contribution < -0.4 is 4.90 Å². The summed E-state index contributed by atoms with van der Waals surface area (Å²) in [6, 6.07) is 7.51. The van der Waals surface area contributed by atoms with Crippen LogP contribution in [0.3, 0.4) is 0 Å². The summed E-state index contributed by atoms with van der Waals surface area (Å²) < 4.78 is 23.8. The lowest BCUT2D eigenvalue weighted by Crippen LogP contribution is -2.26. The predicted molar refractivity (Wildman–Crippen MR) is 57.6 cm³/mol. The summed E-state index contributed by atoms with van der Waals surface area (Å²) in [6.07, 6.45) is -0.248. The van der Waals surface area contributed by atoms with Gasteiger partial charge < -0.3 is 4.90 Å². The number of carbonyl (C=O) groups excluding carboxylic acids is 1. The number of allylic oxidation sites excluding steroid dienone is 1. The van der Waals surface area contributed by atoms with Crippen LogP contribution in [0.1, 0.15) is 5.56 Å². The highest BCUT2D eigenvalue weighted by molar-refractivity contribution is 6.02. The number of nitrogens with zero attached hydrogens (tertiary/aromatic N) is 1. The van der Waals surface area contributed by atoms with E-state index in [1.165, 1.54) is 4.90 Å². The molecule has 1 amide bonds. The second-order valence-corrected chi connectivity index (χ2v) is 3.56. The predicted octanol–water partition coefficient (Wildman–Crippen LogP) is 2.40. The van der Waals surface area contributed by atoms with Crippen molar-refractivity contribution in [2.45, 2.75) is 12.8 Å². The molecular formula is C12H11F2NO. The van der Waals surface area contributed by atoms with Gasteiger partial charge in [0, 0.05) is 18.3 Å². The zero-order valence-electron chi connectivity index (χ0n) is 8.57. The van der Waals surface area contributed by atoms with Crippen LogP contribution in [0.25, 0.3) is 0 Å². The van der Waals surface area contributed by atoms with E-state index >= 15 is 0 Å². The third-order valence-electron chi connectivity index (χ3n) is 2.54. The van der Waals surface area contributed by atoms with Gasteiger partial charge in [0.05, 0.1) is 0 Å². The largest absolute Gasteiger partial charge is 0.308 e. The molecule has 0 N–H and O–H groups in total. The molecule has 0 aromatic heterocycles. The first-order valence-electron chi connectivity index (χ1n) is 5.04. The van der Waals surface area contributed by atoms with Crippen molar-refractivity contribution in [3.63, 3.8) is 0 Å². The highest BCUT2D eigenvalue weighted by Crippen LogP contribution is 2.27. The van der Waals surface area contributed by atoms with Gasteiger partial charge in [0.1, 0.15) is 0 Å². The SMILES string of the molecule is O=C(/C=C/C(F)F)N1CCc2ccccc21. The first-order chi connectivity index (χ1) is 7.68. The standard InChI is InChI=1S/C12H11F2NO/c13-11(14)5-6-12(16)15-8-7-9-3-1-2-4-10(9)15/h1-6,11H,7-8H2/b6-5+. The molecule has 84 valence electrons. The first-order valence-corrected chi connectivity index (χ1v) is 5.04. The van der Waals surface area contributed by atoms with Gasteiger partial charge in [-0.15, -0.1) is 0 Å². The third kappa shape index (κ3) is 2.10. The van der Waals surface area contributed by atoms with Gasteiger partial charge in [0.2, 0.25) is 0 Å². The highest BCUT2D eigenvalue weighted by Gasteiger charge is 2.22. The number of hydrogen-bond acceptors (Lipinski definition) is 1. The van der Waals surface area contributed by atoms with Gasteiger partial charge in [-0.1, -0.05) is 18.2 Å². The van der Waals surface area contributed by atoms with E-state index in [1.54, 1.807) is 0 Å². The van der Waals surface area contributed by atoms with Crippen LogP contribution in [0.5, 0.6) is 0 Å². The maximum absolute atomic E-state index is 11.9. The lowest BCUT2D eigenvalue weighted by molar-refractivity contribution is -0.114. The van der Waals surface area contributed by atoms with Crippen molar-refractivity contribution in [3.05, 3.63) is 42.0 Å². The summed E-state index contributed by atoms with van der Waals surface area (Å²) in [6.45, 7) is 0.561. The minimum Gasteiger partial charge on any atom is -0.308 e. The van der Waals surface area contributed by atoms with Crippen LogP contribution >= 0.6 is 0 Å². The Hall–Kier alpha value is -1.71.